The van der Waals surface area contributed by atoms with Crippen LogP contribution in [0.5, 0.6) is 0 Å². The van der Waals surface area contributed by atoms with Crippen LogP contribution in [0.15, 0.2) is 40.9 Å². The highest BCUT2D eigenvalue weighted by Gasteiger charge is 2.16. The van der Waals surface area contributed by atoms with Gasteiger partial charge in [-0.25, -0.2) is 9.37 Å². The minimum atomic E-state index is -0.308. The number of fused-ring (bicyclic) bond motifs is 1. The molecule has 2 aromatic carbocycles. The predicted molar refractivity (Wildman–Crippen MR) is 87.9 cm³/mol. The lowest BCUT2D eigenvalue weighted by Gasteiger charge is -2.12. The number of alkyl halides is 1. The van der Waals surface area contributed by atoms with E-state index in [1.807, 2.05) is 35.8 Å². The molecule has 2 nitrogen and oxygen atoms in total. The molecule has 3 aromatic rings. The first kappa shape index (κ1) is 14.5. The van der Waals surface area contributed by atoms with Gasteiger partial charge in [0.2, 0.25) is 0 Å². The van der Waals surface area contributed by atoms with Crippen molar-refractivity contribution in [3.8, 4) is 5.69 Å². The Balaban J connectivity index is 2.33. The average molecular weight is 368 g/mol. The fourth-order valence-electron chi connectivity index (χ4n) is 2.50. The van der Waals surface area contributed by atoms with E-state index >= 15 is 0 Å². The molecule has 108 valence electrons. The summed E-state index contributed by atoms with van der Waals surface area (Å²) < 4.78 is 17.0. The van der Waals surface area contributed by atoms with Crippen LogP contribution in [0.4, 0.5) is 4.39 Å². The van der Waals surface area contributed by atoms with Gasteiger partial charge in [0.05, 0.1) is 11.2 Å². The number of halogens is 3. The molecule has 0 amide bonds. The second kappa shape index (κ2) is 5.78. The molecule has 5 heteroatoms. The average Bonchev–Trinajstić information content (AvgIpc) is 2.79. The summed E-state index contributed by atoms with van der Waals surface area (Å²) in [5.41, 5.74) is 3.23. The van der Waals surface area contributed by atoms with Crippen LogP contribution in [0.1, 0.15) is 11.4 Å². The van der Waals surface area contributed by atoms with Gasteiger partial charge in [0.1, 0.15) is 11.3 Å². The molecule has 1 heterocycles. The maximum atomic E-state index is 14.0. The molecule has 0 spiro atoms. The number of nitrogens with zero attached hydrogens (tertiary/aromatic N) is 2. The molecule has 1 aromatic heterocycles. The van der Waals surface area contributed by atoms with Crippen molar-refractivity contribution in [1.29, 1.82) is 0 Å². The molecule has 0 radical (unpaired) electrons. The Kier molecular flexibility index (Phi) is 4.00. The van der Waals surface area contributed by atoms with E-state index in [2.05, 4.69) is 20.9 Å². The molecule has 0 unspecified atom stereocenters. The Morgan fingerprint density at radius 2 is 2.10 bits per heavy atom. The Bertz CT molecular complexity index is 813. The minimum absolute atomic E-state index is 0.308. The largest absolute Gasteiger partial charge is 0.296 e. The van der Waals surface area contributed by atoms with Gasteiger partial charge in [-0.15, -0.1) is 11.6 Å². The van der Waals surface area contributed by atoms with Crippen molar-refractivity contribution >= 4 is 38.6 Å². The first-order valence-corrected chi connectivity index (χ1v) is 7.93. The van der Waals surface area contributed by atoms with Gasteiger partial charge in [-0.1, -0.05) is 22.0 Å². The van der Waals surface area contributed by atoms with Gasteiger partial charge in [0.15, 0.2) is 5.82 Å². The molecule has 0 fully saturated rings. The van der Waals surface area contributed by atoms with Gasteiger partial charge in [-0.3, -0.25) is 4.57 Å². The molecule has 0 aliphatic heterocycles. The maximum Gasteiger partial charge on any atom is 0.151 e. The van der Waals surface area contributed by atoms with Crippen LogP contribution >= 0.6 is 27.5 Å². The number of aryl methyl sites for hydroxylation is 2. The summed E-state index contributed by atoms with van der Waals surface area (Å²) in [6, 6.07) is 11.0. The smallest absolute Gasteiger partial charge is 0.151 e. The number of rotatable bonds is 3. The molecule has 0 atom stereocenters. The Hall–Kier alpha value is -1.39. The summed E-state index contributed by atoms with van der Waals surface area (Å²) in [5, 5.41) is 0. The molecule has 0 saturated carbocycles. The van der Waals surface area contributed by atoms with Crippen molar-refractivity contribution in [2.45, 2.75) is 13.3 Å². The predicted octanol–water partition coefficient (Wildman–Crippen LogP) is 5.02. The van der Waals surface area contributed by atoms with E-state index in [0.717, 1.165) is 27.1 Å². The number of benzene rings is 2. The van der Waals surface area contributed by atoms with Crippen LogP contribution in [0.3, 0.4) is 0 Å². The molecule has 21 heavy (non-hydrogen) atoms. The Morgan fingerprint density at radius 3 is 2.81 bits per heavy atom. The molecule has 0 N–H and O–H groups in total. The molecule has 0 aliphatic carbocycles. The molecular weight excluding hydrogens is 355 g/mol. The van der Waals surface area contributed by atoms with E-state index in [0.29, 0.717) is 17.8 Å². The first-order valence-electron chi connectivity index (χ1n) is 6.60. The highest BCUT2D eigenvalue weighted by atomic mass is 79.9. The minimum Gasteiger partial charge on any atom is -0.296 e. The molecule has 0 bridgehead atoms. The van der Waals surface area contributed by atoms with E-state index in [-0.39, 0.29) is 5.82 Å². The summed E-state index contributed by atoms with van der Waals surface area (Å²) in [6.45, 7) is 2.02. The monoisotopic (exact) mass is 366 g/mol. The Morgan fingerprint density at radius 1 is 1.29 bits per heavy atom. The third kappa shape index (κ3) is 2.58. The second-order valence-electron chi connectivity index (χ2n) is 4.84. The van der Waals surface area contributed by atoms with Crippen LogP contribution in [0, 0.1) is 12.7 Å². The van der Waals surface area contributed by atoms with Gasteiger partial charge < -0.3 is 0 Å². The van der Waals surface area contributed by atoms with Crippen molar-refractivity contribution in [3.05, 3.63) is 58.1 Å². The third-order valence-corrected chi connectivity index (χ3v) is 4.11. The number of hydrogen-bond acceptors (Lipinski definition) is 1. The normalized spacial score (nSPS) is 11.2. The van der Waals surface area contributed by atoms with Crippen molar-refractivity contribution in [2.24, 2.45) is 0 Å². The molecular formula is C16H13BrClFN2. The van der Waals surface area contributed by atoms with E-state index in [1.165, 1.54) is 6.07 Å². The topological polar surface area (TPSA) is 17.8 Å². The van der Waals surface area contributed by atoms with E-state index in [1.54, 1.807) is 6.07 Å². The fourth-order valence-corrected chi connectivity index (χ4v) is 3.15. The van der Waals surface area contributed by atoms with Crippen molar-refractivity contribution in [2.75, 3.05) is 5.88 Å². The summed E-state index contributed by atoms with van der Waals surface area (Å²) in [6.07, 6.45) is 0.588. The highest BCUT2D eigenvalue weighted by molar-refractivity contribution is 9.10. The zero-order chi connectivity index (χ0) is 15.0. The van der Waals surface area contributed by atoms with Crippen LogP contribution < -0.4 is 0 Å². The fraction of sp³-hybridized carbons (Fsp3) is 0.188. The SMILES string of the molecule is Cc1cc(Br)ccc1-n1c(CCCl)nc2c(F)cccc21. The van der Waals surface area contributed by atoms with Crippen LogP contribution in [0.2, 0.25) is 0 Å². The van der Waals surface area contributed by atoms with Gasteiger partial charge in [0.25, 0.3) is 0 Å². The Labute approximate surface area is 135 Å². The molecule has 3 rings (SSSR count). The zero-order valence-corrected chi connectivity index (χ0v) is 13.7. The number of aromatic nitrogens is 2. The maximum absolute atomic E-state index is 14.0. The van der Waals surface area contributed by atoms with E-state index in [9.17, 15) is 4.39 Å². The summed E-state index contributed by atoms with van der Waals surface area (Å²) in [7, 11) is 0. The lowest BCUT2D eigenvalue weighted by molar-refractivity contribution is 0.637. The zero-order valence-electron chi connectivity index (χ0n) is 11.4. The number of imidazole rings is 1. The van der Waals surface area contributed by atoms with Crippen molar-refractivity contribution in [1.82, 2.24) is 9.55 Å². The van der Waals surface area contributed by atoms with E-state index < -0.39 is 0 Å². The first-order chi connectivity index (χ1) is 10.1. The quantitative estimate of drug-likeness (QED) is 0.595. The van der Waals surface area contributed by atoms with Crippen LogP contribution in [-0.4, -0.2) is 15.4 Å². The summed E-state index contributed by atoms with van der Waals surface area (Å²) in [4.78, 5) is 4.43. The van der Waals surface area contributed by atoms with Crippen LogP contribution in [-0.2, 0) is 6.42 Å². The molecule has 0 aliphatic rings. The van der Waals surface area contributed by atoms with Gasteiger partial charge in [-0.05, 0) is 42.8 Å². The second-order valence-corrected chi connectivity index (χ2v) is 6.13. The lowest BCUT2D eigenvalue weighted by Crippen LogP contribution is -2.04. The summed E-state index contributed by atoms with van der Waals surface area (Å²) in [5.74, 6) is 0.910. The standard InChI is InChI=1S/C16H13BrClFN2/c1-10-9-11(17)5-6-13(10)21-14-4-2-3-12(19)16(14)20-15(21)7-8-18/h2-6,9H,7-8H2,1H3. The number of hydrogen-bond donors (Lipinski definition) is 0. The van der Waals surface area contributed by atoms with Gasteiger partial charge >= 0.3 is 0 Å². The van der Waals surface area contributed by atoms with Crippen LogP contribution in [0.25, 0.3) is 16.7 Å². The van der Waals surface area contributed by atoms with Crippen molar-refractivity contribution < 1.29 is 4.39 Å². The number of para-hydroxylation sites is 1. The molecule has 0 saturated heterocycles. The highest BCUT2D eigenvalue weighted by Crippen LogP contribution is 2.27. The van der Waals surface area contributed by atoms with E-state index in [4.69, 9.17) is 11.6 Å². The third-order valence-electron chi connectivity index (χ3n) is 3.42. The van der Waals surface area contributed by atoms with Gasteiger partial charge in [0, 0.05) is 16.8 Å². The lowest BCUT2D eigenvalue weighted by atomic mass is 10.2. The van der Waals surface area contributed by atoms with Gasteiger partial charge in [-0.2, -0.15) is 0 Å². The van der Waals surface area contributed by atoms with Crippen molar-refractivity contribution in [3.63, 3.8) is 0 Å². The summed E-state index contributed by atoms with van der Waals surface area (Å²) >= 11 is 9.34.